The van der Waals surface area contributed by atoms with Gasteiger partial charge in [-0.3, -0.25) is 4.79 Å². The lowest BCUT2D eigenvalue weighted by Gasteiger charge is -2.35. The molecule has 246 valence electrons. The van der Waals surface area contributed by atoms with E-state index in [1.807, 2.05) is 30.3 Å². The summed E-state index contributed by atoms with van der Waals surface area (Å²) in [6.07, 6.45) is -2.49. The van der Waals surface area contributed by atoms with Gasteiger partial charge < -0.3 is 29.3 Å². The van der Waals surface area contributed by atoms with Crippen molar-refractivity contribution in [1.29, 1.82) is 0 Å². The van der Waals surface area contributed by atoms with Crippen LogP contribution in [0, 0.1) is 5.82 Å². The molecule has 1 N–H and O–H groups in total. The van der Waals surface area contributed by atoms with Crippen molar-refractivity contribution >= 4 is 18.1 Å². The van der Waals surface area contributed by atoms with E-state index in [0.717, 1.165) is 0 Å². The predicted molar refractivity (Wildman–Crippen MR) is 166 cm³/mol. The summed E-state index contributed by atoms with van der Waals surface area (Å²) in [5.41, 5.74) is 0.809. The molecule has 3 amide bonds. The van der Waals surface area contributed by atoms with Gasteiger partial charge >= 0.3 is 12.2 Å². The number of alkyl carbamates (subject to hydrolysis) is 1. The Morgan fingerprint density at radius 2 is 1.64 bits per heavy atom. The number of nitrogens with one attached hydrogen (secondary N) is 1. The van der Waals surface area contributed by atoms with Crippen LogP contribution in [-0.2, 0) is 19.0 Å². The molecule has 2 saturated heterocycles. The Morgan fingerprint density at radius 3 is 2.22 bits per heavy atom. The van der Waals surface area contributed by atoms with E-state index >= 15 is 4.39 Å². The maximum absolute atomic E-state index is 15.6. The summed E-state index contributed by atoms with van der Waals surface area (Å²) in [6, 6.07) is 12.9. The summed E-state index contributed by atoms with van der Waals surface area (Å²) in [5, 5.41) is 2.68. The van der Waals surface area contributed by atoms with Gasteiger partial charge in [-0.2, -0.15) is 0 Å². The molecular weight excluding hydrogens is 584 g/mol. The van der Waals surface area contributed by atoms with E-state index < -0.39 is 41.7 Å². The van der Waals surface area contributed by atoms with Crippen LogP contribution in [0.2, 0.25) is 0 Å². The van der Waals surface area contributed by atoms with Gasteiger partial charge in [0, 0.05) is 31.6 Å². The lowest BCUT2D eigenvalue weighted by Crippen LogP contribution is -2.50. The number of amides is 3. The molecule has 0 aliphatic carbocycles. The molecule has 2 aromatic rings. The highest BCUT2D eigenvalue weighted by Gasteiger charge is 2.36. The number of carbonyl (C=O) groups is 3. The second-order valence-electron chi connectivity index (χ2n) is 13.0. The zero-order chi connectivity index (χ0) is 32.7. The Kier molecular flexibility index (Phi) is 11.4. The van der Waals surface area contributed by atoms with E-state index in [4.69, 9.17) is 14.2 Å². The van der Waals surface area contributed by atoms with Gasteiger partial charge in [-0.1, -0.05) is 42.5 Å². The average Bonchev–Trinajstić information content (AvgIpc) is 3.41. The maximum atomic E-state index is 15.6. The van der Waals surface area contributed by atoms with E-state index in [1.165, 1.54) is 11.0 Å². The molecule has 2 aliphatic rings. The quantitative estimate of drug-likeness (QED) is 0.344. The van der Waals surface area contributed by atoms with Gasteiger partial charge in [0.15, 0.2) is 0 Å². The number of likely N-dealkylation sites (tertiary alicyclic amines) is 2. The molecule has 0 radical (unpaired) electrons. The Morgan fingerprint density at radius 1 is 0.978 bits per heavy atom. The summed E-state index contributed by atoms with van der Waals surface area (Å²) in [6.45, 7) is 9.70. The number of nitrogens with zero attached hydrogens (tertiary/aromatic N) is 2. The minimum absolute atomic E-state index is 0.0365. The number of benzene rings is 2. The number of hydrogen-bond acceptors (Lipinski definition) is 6. The predicted octanol–water partition coefficient (Wildman–Crippen LogP) is 6.41. The number of ether oxygens (including phenoxy) is 3. The van der Waals surface area contributed by atoms with E-state index in [1.54, 1.807) is 51.7 Å². The van der Waals surface area contributed by atoms with E-state index in [-0.39, 0.29) is 44.2 Å². The standard InChI is InChI=1S/C34H45F2N3O6/c1-22(2)43-33(42)38-17-14-26(15-18-38)44-30(24-11-12-27(28(36)19-24)23-9-7-6-8-10-23)20-29(37-32(41)45-34(3,4)5)31(40)39-16-13-25(35)21-39/h6-12,19,22,25-26,29-30H,13-18,20-21H2,1-5H3,(H,37,41)/t25-,29-,30-/m0/s1. The zero-order valence-electron chi connectivity index (χ0n) is 26.8. The van der Waals surface area contributed by atoms with Gasteiger partial charge in [0.25, 0.3) is 0 Å². The summed E-state index contributed by atoms with van der Waals surface area (Å²) in [5.74, 6) is -0.913. The van der Waals surface area contributed by atoms with Crippen molar-refractivity contribution in [2.75, 3.05) is 26.2 Å². The first-order valence-electron chi connectivity index (χ1n) is 15.7. The Labute approximate surface area is 264 Å². The lowest BCUT2D eigenvalue weighted by atomic mass is 9.96. The minimum Gasteiger partial charge on any atom is -0.447 e. The lowest BCUT2D eigenvalue weighted by molar-refractivity contribution is -0.134. The molecular formula is C34H45F2N3O6. The summed E-state index contributed by atoms with van der Waals surface area (Å²) >= 11 is 0. The van der Waals surface area contributed by atoms with Crippen LogP contribution in [-0.4, -0.2) is 84.1 Å². The minimum atomic E-state index is -1.14. The molecule has 0 saturated carbocycles. The Hall–Kier alpha value is -3.73. The first-order valence-corrected chi connectivity index (χ1v) is 15.7. The third kappa shape index (κ3) is 9.88. The number of halogens is 2. The smallest absolute Gasteiger partial charge is 0.410 e. The molecule has 3 atom stereocenters. The molecule has 45 heavy (non-hydrogen) atoms. The van der Waals surface area contributed by atoms with Gasteiger partial charge in [0.2, 0.25) is 5.91 Å². The van der Waals surface area contributed by atoms with Gasteiger partial charge in [-0.15, -0.1) is 0 Å². The molecule has 2 heterocycles. The van der Waals surface area contributed by atoms with Gasteiger partial charge in [0.1, 0.15) is 23.6 Å². The third-order valence-electron chi connectivity index (χ3n) is 7.72. The maximum Gasteiger partial charge on any atom is 0.410 e. The molecule has 2 fully saturated rings. The molecule has 4 rings (SSSR count). The molecule has 0 unspecified atom stereocenters. The van der Waals surface area contributed by atoms with Crippen LogP contribution in [0.4, 0.5) is 18.4 Å². The molecule has 11 heteroatoms. The van der Waals surface area contributed by atoms with Crippen molar-refractivity contribution in [3.05, 3.63) is 59.9 Å². The fourth-order valence-corrected chi connectivity index (χ4v) is 5.56. The number of carbonyl (C=O) groups excluding carboxylic acids is 3. The van der Waals surface area contributed by atoms with Crippen molar-refractivity contribution in [3.63, 3.8) is 0 Å². The SMILES string of the molecule is CC(C)OC(=O)N1CCC(O[C@@H](C[C@H](NC(=O)OC(C)(C)C)C(=O)N2CC[C@H](F)C2)c2ccc(-c3ccccc3)c(F)c2)CC1. The zero-order valence-corrected chi connectivity index (χ0v) is 26.8. The molecule has 0 spiro atoms. The van der Waals surface area contributed by atoms with E-state index in [9.17, 15) is 18.8 Å². The van der Waals surface area contributed by atoms with Crippen molar-refractivity contribution in [2.24, 2.45) is 0 Å². The topological polar surface area (TPSA) is 97.4 Å². The average molecular weight is 630 g/mol. The van der Waals surface area contributed by atoms with E-state index in [2.05, 4.69) is 5.32 Å². The number of piperidine rings is 1. The van der Waals surface area contributed by atoms with Crippen LogP contribution in [0.1, 0.15) is 72.0 Å². The fraction of sp³-hybridized carbons (Fsp3) is 0.559. The monoisotopic (exact) mass is 629 g/mol. The van der Waals surface area contributed by atoms with E-state index in [0.29, 0.717) is 42.6 Å². The third-order valence-corrected chi connectivity index (χ3v) is 7.72. The highest BCUT2D eigenvalue weighted by molar-refractivity contribution is 5.86. The first kappa shape index (κ1) is 34.1. The van der Waals surface area contributed by atoms with Crippen molar-refractivity contribution < 1.29 is 37.4 Å². The second-order valence-corrected chi connectivity index (χ2v) is 13.0. The van der Waals surface area contributed by atoms with Crippen LogP contribution >= 0.6 is 0 Å². The van der Waals surface area contributed by atoms with Crippen LogP contribution < -0.4 is 5.32 Å². The van der Waals surface area contributed by atoms with Gasteiger partial charge in [-0.05, 0) is 71.1 Å². The Balaban J connectivity index is 1.60. The number of rotatable bonds is 9. The highest BCUT2D eigenvalue weighted by atomic mass is 19.1. The van der Waals surface area contributed by atoms with Crippen LogP contribution in [0.5, 0.6) is 0 Å². The van der Waals surface area contributed by atoms with Crippen LogP contribution in [0.3, 0.4) is 0 Å². The van der Waals surface area contributed by atoms with Crippen LogP contribution in [0.15, 0.2) is 48.5 Å². The van der Waals surface area contributed by atoms with Crippen molar-refractivity contribution in [1.82, 2.24) is 15.1 Å². The fourth-order valence-electron chi connectivity index (χ4n) is 5.56. The van der Waals surface area contributed by atoms with Gasteiger partial charge in [0.05, 0.1) is 24.9 Å². The highest BCUT2D eigenvalue weighted by Crippen LogP contribution is 2.32. The number of alkyl halides is 1. The molecule has 2 aromatic carbocycles. The summed E-state index contributed by atoms with van der Waals surface area (Å²) in [4.78, 5) is 42.0. The first-order chi connectivity index (χ1) is 21.3. The second kappa shape index (κ2) is 15.0. The summed E-state index contributed by atoms with van der Waals surface area (Å²) < 4.78 is 47.0. The molecule has 0 aromatic heterocycles. The van der Waals surface area contributed by atoms with Crippen molar-refractivity contribution in [2.45, 2.75) is 96.4 Å². The number of hydrogen-bond donors (Lipinski definition) is 1. The Bertz CT molecular complexity index is 1310. The largest absolute Gasteiger partial charge is 0.447 e. The molecule has 2 aliphatic heterocycles. The van der Waals surface area contributed by atoms with Crippen LogP contribution in [0.25, 0.3) is 11.1 Å². The van der Waals surface area contributed by atoms with Crippen molar-refractivity contribution in [3.8, 4) is 11.1 Å². The molecule has 9 nitrogen and oxygen atoms in total. The van der Waals surface area contributed by atoms with Gasteiger partial charge in [-0.25, -0.2) is 18.4 Å². The normalized spacial score (nSPS) is 18.9. The summed E-state index contributed by atoms with van der Waals surface area (Å²) in [7, 11) is 0. The molecule has 0 bridgehead atoms.